The molecular formula is C30H36N2O2S. The molecule has 1 unspecified atom stereocenters. The van der Waals surface area contributed by atoms with Crippen molar-refractivity contribution in [2.24, 2.45) is 0 Å². The molecule has 1 aromatic heterocycles. The van der Waals surface area contributed by atoms with Gasteiger partial charge in [0.15, 0.2) is 0 Å². The van der Waals surface area contributed by atoms with Crippen LogP contribution in [0.4, 0.5) is 0 Å². The Labute approximate surface area is 213 Å². The number of fused-ring (bicyclic) bond motifs is 1. The van der Waals surface area contributed by atoms with Gasteiger partial charge in [-0.15, -0.1) is 11.3 Å². The highest BCUT2D eigenvalue weighted by Crippen LogP contribution is 2.38. The van der Waals surface area contributed by atoms with E-state index < -0.39 is 0 Å². The van der Waals surface area contributed by atoms with Crippen molar-refractivity contribution < 1.29 is 9.59 Å². The third-order valence-corrected chi connectivity index (χ3v) is 7.94. The summed E-state index contributed by atoms with van der Waals surface area (Å²) in [6.07, 6.45) is 0.850. The van der Waals surface area contributed by atoms with Gasteiger partial charge in [0, 0.05) is 23.0 Å². The summed E-state index contributed by atoms with van der Waals surface area (Å²) in [5.41, 5.74) is 5.25. The molecular weight excluding hydrogens is 452 g/mol. The molecule has 0 fully saturated rings. The normalized spacial score (nSPS) is 15.7. The molecule has 0 radical (unpaired) electrons. The van der Waals surface area contributed by atoms with Crippen LogP contribution in [-0.4, -0.2) is 40.7 Å². The standard InChI is InChI=1S/C30H36N2O2S/c1-20(2)32(29(34)24-10-8-7-9-21(24)3)19-27(33)31-17-15-26-25(16-18-35-26)28(31)22-11-13-23(14-12-22)30(4,5)6/h7-14,16,18,20,28H,15,17,19H2,1-6H3. The van der Waals surface area contributed by atoms with Crippen molar-refractivity contribution in [2.75, 3.05) is 13.1 Å². The Hall–Kier alpha value is -2.92. The Balaban J connectivity index is 1.64. The first-order valence-corrected chi connectivity index (χ1v) is 13.3. The van der Waals surface area contributed by atoms with E-state index in [9.17, 15) is 9.59 Å². The smallest absolute Gasteiger partial charge is 0.254 e. The van der Waals surface area contributed by atoms with Gasteiger partial charge < -0.3 is 9.80 Å². The third kappa shape index (κ3) is 5.20. The van der Waals surface area contributed by atoms with Crippen molar-refractivity contribution in [3.8, 4) is 0 Å². The molecule has 5 heteroatoms. The number of amides is 2. The second-order valence-corrected chi connectivity index (χ2v) is 11.8. The van der Waals surface area contributed by atoms with Gasteiger partial charge in [0.05, 0.1) is 6.04 Å². The van der Waals surface area contributed by atoms with Crippen molar-refractivity contribution >= 4 is 23.2 Å². The maximum absolute atomic E-state index is 13.8. The van der Waals surface area contributed by atoms with Crippen LogP contribution in [0.3, 0.4) is 0 Å². The largest absolute Gasteiger partial charge is 0.330 e. The molecule has 2 heterocycles. The van der Waals surface area contributed by atoms with E-state index in [0.29, 0.717) is 12.1 Å². The van der Waals surface area contributed by atoms with Gasteiger partial charge >= 0.3 is 0 Å². The summed E-state index contributed by atoms with van der Waals surface area (Å²) in [7, 11) is 0. The number of rotatable bonds is 5. The van der Waals surface area contributed by atoms with Crippen LogP contribution in [-0.2, 0) is 16.6 Å². The minimum Gasteiger partial charge on any atom is -0.330 e. The van der Waals surface area contributed by atoms with Crippen LogP contribution < -0.4 is 0 Å². The highest BCUT2D eigenvalue weighted by atomic mass is 32.1. The predicted octanol–water partition coefficient (Wildman–Crippen LogP) is 6.38. The van der Waals surface area contributed by atoms with Crippen LogP contribution in [0.1, 0.15) is 78.1 Å². The molecule has 4 rings (SSSR count). The van der Waals surface area contributed by atoms with Gasteiger partial charge in [0.1, 0.15) is 6.54 Å². The van der Waals surface area contributed by atoms with E-state index in [-0.39, 0.29) is 35.9 Å². The van der Waals surface area contributed by atoms with Crippen LogP contribution in [0, 0.1) is 6.92 Å². The lowest BCUT2D eigenvalue weighted by atomic mass is 9.85. The number of benzene rings is 2. The average Bonchev–Trinajstić information content (AvgIpc) is 3.30. The quantitative estimate of drug-likeness (QED) is 0.418. The number of carbonyl (C=O) groups excluding carboxylic acids is 2. The van der Waals surface area contributed by atoms with Crippen molar-refractivity contribution in [2.45, 2.75) is 65.5 Å². The first-order valence-electron chi connectivity index (χ1n) is 12.4. The summed E-state index contributed by atoms with van der Waals surface area (Å²) in [6.45, 7) is 13.2. The van der Waals surface area contributed by atoms with E-state index in [0.717, 1.165) is 17.5 Å². The number of carbonyl (C=O) groups is 2. The summed E-state index contributed by atoms with van der Waals surface area (Å²) in [5.74, 6) is -0.104. The lowest BCUT2D eigenvalue weighted by molar-refractivity contribution is -0.134. The highest BCUT2D eigenvalue weighted by Gasteiger charge is 2.35. The fourth-order valence-electron chi connectivity index (χ4n) is 4.80. The highest BCUT2D eigenvalue weighted by molar-refractivity contribution is 7.10. The van der Waals surface area contributed by atoms with E-state index >= 15 is 0 Å². The van der Waals surface area contributed by atoms with Gasteiger partial charge in [-0.3, -0.25) is 9.59 Å². The molecule has 0 bridgehead atoms. The molecule has 1 atom stereocenters. The maximum Gasteiger partial charge on any atom is 0.254 e. The average molecular weight is 489 g/mol. The summed E-state index contributed by atoms with van der Waals surface area (Å²) in [4.78, 5) is 32.3. The Morgan fingerprint density at radius 1 is 1.06 bits per heavy atom. The minimum absolute atomic E-state index is 0.0117. The summed E-state index contributed by atoms with van der Waals surface area (Å²) < 4.78 is 0. The Bertz CT molecular complexity index is 1200. The zero-order valence-electron chi connectivity index (χ0n) is 21.7. The van der Waals surface area contributed by atoms with E-state index in [1.807, 2.05) is 49.9 Å². The summed E-state index contributed by atoms with van der Waals surface area (Å²) in [6, 6.07) is 18.2. The Morgan fingerprint density at radius 3 is 2.37 bits per heavy atom. The van der Waals surface area contributed by atoms with Crippen LogP contribution in [0.2, 0.25) is 0 Å². The van der Waals surface area contributed by atoms with Crippen LogP contribution in [0.5, 0.6) is 0 Å². The first kappa shape index (κ1) is 25.2. The summed E-state index contributed by atoms with van der Waals surface area (Å²) >= 11 is 1.77. The van der Waals surface area contributed by atoms with Gasteiger partial charge in [-0.25, -0.2) is 0 Å². The zero-order valence-corrected chi connectivity index (χ0v) is 22.5. The van der Waals surface area contributed by atoms with Gasteiger partial charge in [0.2, 0.25) is 5.91 Å². The first-order chi connectivity index (χ1) is 16.6. The van der Waals surface area contributed by atoms with Gasteiger partial charge in [-0.05, 0) is 72.4 Å². The fraction of sp³-hybridized carbons (Fsp3) is 0.400. The molecule has 0 N–H and O–H groups in total. The topological polar surface area (TPSA) is 40.6 Å². The van der Waals surface area contributed by atoms with Crippen molar-refractivity contribution in [3.63, 3.8) is 0 Å². The molecule has 0 aliphatic carbocycles. The number of thiophene rings is 1. The fourth-order valence-corrected chi connectivity index (χ4v) is 5.71. The Morgan fingerprint density at radius 2 is 1.74 bits per heavy atom. The van der Waals surface area contributed by atoms with Crippen molar-refractivity contribution in [1.82, 2.24) is 9.80 Å². The van der Waals surface area contributed by atoms with Gasteiger partial charge in [0.25, 0.3) is 5.91 Å². The van der Waals surface area contributed by atoms with Crippen LogP contribution in [0.15, 0.2) is 60.0 Å². The molecule has 0 saturated heterocycles. The molecule has 2 amide bonds. The molecule has 0 spiro atoms. The summed E-state index contributed by atoms with van der Waals surface area (Å²) in [5, 5.41) is 2.12. The van der Waals surface area contributed by atoms with Gasteiger partial charge in [-0.2, -0.15) is 0 Å². The maximum atomic E-state index is 13.8. The monoisotopic (exact) mass is 488 g/mol. The SMILES string of the molecule is Cc1ccccc1C(=O)N(CC(=O)N1CCc2sccc2C1c1ccc(C(C)(C)C)cc1)C(C)C. The van der Waals surface area contributed by atoms with Crippen LogP contribution >= 0.6 is 11.3 Å². The second-order valence-electron chi connectivity index (χ2n) is 10.8. The molecule has 35 heavy (non-hydrogen) atoms. The van der Waals surface area contributed by atoms with Crippen molar-refractivity contribution in [1.29, 1.82) is 0 Å². The number of hydrogen-bond acceptors (Lipinski definition) is 3. The molecule has 1 aliphatic heterocycles. The lowest BCUT2D eigenvalue weighted by Gasteiger charge is -2.38. The van der Waals surface area contributed by atoms with Crippen LogP contribution in [0.25, 0.3) is 0 Å². The number of hydrogen-bond donors (Lipinski definition) is 0. The van der Waals surface area contributed by atoms with E-state index in [1.54, 1.807) is 16.2 Å². The van der Waals surface area contributed by atoms with E-state index in [4.69, 9.17) is 0 Å². The van der Waals surface area contributed by atoms with Gasteiger partial charge in [-0.1, -0.05) is 63.2 Å². The number of aryl methyl sites for hydroxylation is 1. The van der Waals surface area contributed by atoms with Crippen molar-refractivity contribution in [3.05, 3.63) is 92.7 Å². The number of nitrogens with zero attached hydrogens (tertiary/aromatic N) is 2. The Kier molecular flexibility index (Phi) is 7.18. The third-order valence-electron chi connectivity index (χ3n) is 6.94. The second kappa shape index (κ2) is 9.98. The molecule has 184 valence electrons. The molecule has 3 aromatic rings. The van der Waals surface area contributed by atoms with E-state index in [1.165, 1.54) is 16.0 Å². The van der Waals surface area contributed by atoms with E-state index in [2.05, 4.69) is 56.5 Å². The molecule has 0 saturated carbocycles. The predicted molar refractivity (Wildman–Crippen MR) is 144 cm³/mol. The zero-order chi connectivity index (χ0) is 25.3. The molecule has 4 nitrogen and oxygen atoms in total. The lowest BCUT2D eigenvalue weighted by Crippen LogP contribution is -2.48. The molecule has 2 aromatic carbocycles. The molecule has 1 aliphatic rings. The minimum atomic E-state index is -0.130.